The van der Waals surface area contributed by atoms with Crippen LogP contribution in [0.4, 0.5) is 17.1 Å². The zero-order valence-corrected chi connectivity index (χ0v) is 17.4. The van der Waals surface area contributed by atoms with Crippen molar-refractivity contribution < 1.29 is 14.4 Å². The van der Waals surface area contributed by atoms with E-state index in [1.807, 2.05) is 30.3 Å². The first-order valence-electron chi connectivity index (χ1n) is 9.77. The fourth-order valence-electron chi connectivity index (χ4n) is 2.99. The summed E-state index contributed by atoms with van der Waals surface area (Å²) < 4.78 is 0. The Hall–Kier alpha value is -4.13. The van der Waals surface area contributed by atoms with Crippen LogP contribution in [0.1, 0.15) is 20.7 Å². The van der Waals surface area contributed by atoms with E-state index in [1.54, 1.807) is 67.5 Å². The van der Waals surface area contributed by atoms with Gasteiger partial charge in [0.25, 0.3) is 11.8 Å². The van der Waals surface area contributed by atoms with Crippen molar-refractivity contribution in [3.63, 3.8) is 0 Å². The van der Waals surface area contributed by atoms with Gasteiger partial charge >= 0.3 is 0 Å². The monoisotopic (exact) mass is 416 g/mol. The maximum Gasteiger partial charge on any atom is 0.258 e. The number of para-hydroxylation sites is 1. The molecule has 3 aromatic rings. The molecule has 0 atom stereocenters. The summed E-state index contributed by atoms with van der Waals surface area (Å²) in [6.45, 7) is 0.0132. The summed E-state index contributed by atoms with van der Waals surface area (Å²) in [5, 5.41) is 8.34. The Morgan fingerprint density at radius 1 is 0.806 bits per heavy atom. The number of rotatable bonds is 7. The quantitative estimate of drug-likeness (QED) is 0.551. The van der Waals surface area contributed by atoms with Crippen molar-refractivity contribution in [2.45, 2.75) is 0 Å². The van der Waals surface area contributed by atoms with Gasteiger partial charge in [-0.15, -0.1) is 0 Å². The summed E-state index contributed by atoms with van der Waals surface area (Å²) >= 11 is 0. The molecule has 0 aliphatic heterocycles. The number of nitrogens with one attached hydrogen (secondary N) is 3. The molecule has 7 heteroatoms. The highest BCUT2D eigenvalue weighted by Crippen LogP contribution is 2.17. The molecule has 0 bridgehead atoms. The average Bonchev–Trinajstić information content (AvgIpc) is 2.82. The van der Waals surface area contributed by atoms with Gasteiger partial charge < -0.3 is 20.9 Å². The van der Waals surface area contributed by atoms with Crippen molar-refractivity contribution in [1.82, 2.24) is 5.32 Å². The lowest BCUT2D eigenvalue weighted by Gasteiger charge is -2.17. The molecule has 7 nitrogen and oxygen atoms in total. The zero-order valence-electron chi connectivity index (χ0n) is 17.4. The van der Waals surface area contributed by atoms with Gasteiger partial charge in [0.05, 0.1) is 6.54 Å². The molecule has 3 rings (SSSR count). The van der Waals surface area contributed by atoms with E-state index in [1.165, 1.54) is 0 Å². The predicted molar refractivity (Wildman–Crippen MR) is 123 cm³/mol. The Bertz CT molecular complexity index is 1080. The van der Waals surface area contributed by atoms with Crippen LogP contribution in [0.15, 0.2) is 78.9 Å². The van der Waals surface area contributed by atoms with E-state index < -0.39 is 0 Å². The smallest absolute Gasteiger partial charge is 0.258 e. The van der Waals surface area contributed by atoms with Gasteiger partial charge in [-0.05, 0) is 48.5 Å². The Morgan fingerprint density at radius 2 is 1.45 bits per heavy atom. The second-order valence-corrected chi connectivity index (χ2v) is 6.84. The van der Waals surface area contributed by atoms with E-state index in [0.717, 1.165) is 5.69 Å². The fourth-order valence-corrected chi connectivity index (χ4v) is 2.99. The van der Waals surface area contributed by atoms with Crippen molar-refractivity contribution in [3.05, 3.63) is 90.0 Å². The minimum Gasteiger partial charge on any atom is -0.376 e. The van der Waals surface area contributed by atoms with E-state index in [-0.39, 0.29) is 24.3 Å². The molecule has 0 saturated carbocycles. The number of anilines is 3. The molecule has 158 valence electrons. The zero-order chi connectivity index (χ0) is 22.2. The van der Waals surface area contributed by atoms with Crippen LogP contribution in [0.2, 0.25) is 0 Å². The molecule has 3 N–H and O–H groups in total. The largest absolute Gasteiger partial charge is 0.376 e. The van der Waals surface area contributed by atoms with Crippen molar-refractivity contribution in [2.24, 2.45) is 0 Å². The molecule has 0 unspecified atom stereocenters. The summed E-state index contributed by atoms with van der Waals surface area (Å²) in [5.74, 6) is -0.646. The highest BCUT2D eigenvalue weighted by Gasteiger charge is 2.14. The molecule has 0 aliphatic rings. The first-order chi connectivity index (χ1) is 15.0. The molecule has 0 radical (unpaired) electrons. The highest BCUT2D eigenvalue weighted by molar-refractivity contribution is 6.06. The molecule has 0 aromatic heterocycles. The normalized spacial score (nSPS) is 10.1. The van der Waals surface area contributed by atoms with Gasteiger partial charge in [0.1, 0.15) is 0 Å². The number of nitrogens with zero attached hydrogens (tertiary/aromatic N) is 1. The number of hydrogen-bond donors (Lipinski definition) is 3. The summed E-state index contributed by atoms with van der Waals surface area (Å²) in [5.41, 5.74) is 2.94. The van der Waals surface area contributed by atoms with Crippen LogP contribution >= 0.6 is 0 Å². The third-order valence-electron chi connectivity index (χ3n) is 4.65. The molecule has 3 aromatic carbocycles. The number of hydrogen-bond acceptors (Lipinski definition) is 4. The van der Waals surface area contributed by atoms with Gasteiger partial charge in [0.15, 0.2) is 0 Å². The van der Waals surface area contributed by atoms with Crippen molar-refractivity contribution in [1.29, 1.82) is 0 Å². The van der Waals surface area contributed by atoms with Gasteiger partial charge in [-0.1, -0.05) is 30.3 Å². The second kappa shape index (κ2) is 10.1. The molecule has 0 fully saturated rings. The standard InChI is InChI=1S/C24H24N4O3/c1-25-23(30)17-8-6-10-19(14-17)26-16-22(29)27-20-11-7-9-18(15-20)24(31)28(2)21-12-4-3-5-13-21/h3-15,26H,16H2,1-2H3,(H,25,30)(H,27,29). The molecule has 31 heavy (non-hydrogen) atoms. The Kier molecular flexibility index (Phi) is 7.01. The molecule has 0 saturated heterocycles. The second-order valence-electron chi connectivity index (χ2n) is 6.84. The summed E-state index contributed by atoms with van der Waals surface area (Å²) in [6.07, 6.45) is 0. The number of carbonyl (C=O) groups is 3. The summed E-state index contributed by atoms with van der Waals surface area (Å²) in [6, 6.07) is 23.0. The Morgan fingerprint density at radius 3 is 2.16 bits per heavy atom. The van der Waals surface area contributed by atoms with Crippen molar-refractivity contribution >= 4 is 34.8 Å². The third-order valence-corrected chi connectivity index (χ3v) is 4.65. The first-order valence-corrected chi connectivity index (χ1v) is 9.77. The van der Waals surface area contributed by atoms with Gasteiger partial charge in [-0.2, -0.15) is 0 Å². The van der Waals surface area contributed by atoms with E-state index in [0.29, 0.717) is 22.5 Å². The highest BCUT2D eigenvalue weighted by atomic mass is 16.2. The van der Waals surface area contributed by atoms with E-state index in [4.69, 9.17) is 0 Å². The summed E-state index contributed by atoms with van der Waals surface area (Å²) in [4.78, 5) is 38.4. The van der Waals surface area contributed by atoms with Crippen molar-refractivity contribution in [2.75, 3.05) is 36.2 Å². The Labute approximate surface area is 181 Å². The topological polar surface area (TPSA) is 90.5 Å². The van der Waals surface area contributed by atoms with E-state index >= 15 is 0 Å². The SMILES string of the molecule is CNC(=O)c1cccc(NCC(=O)Nc2cccc(C(=O)N(C)c3ccccc3)c2)c1. The molecule has 0 heterocycles. The Balaban J connectivity index is 1.61. The third kappa shape index (κ3) is 5.70. The van der Waals surface area contributed by atoms with Gasteiger partial charge in [-0.25, -0.2) is 0 Å². The maximum atomic E-state index is 12.8. The van der Waals surface area contributed by atoms with Crippen LogP contribution < -0.4 is 20.9 Å². The minimum absolute atomic E-state index is 0.0132. The van der Waals surface area contributed by atoms with Crippen LogP contribution in [0, 0.1) is 0 Å². The molecule has 0 spiro atoms. The van der Waals surface area contributed by atoms with Crippen LogP contribution in [0.5, 0.6) is 0 Å². The van der Waals surface area contributed by atoms with Crippen LogP contribution in [0.25, 0.3) is 0 Å². The van der Waals surface area contributed by atoms with Gasteiger partial charge in [0.2, 0.25) is 5.91 Å². The average molecular weight is 416 g/mol. The maximum absolute atomic E-state index is 12.8. The van der Waals surface area contributed by atoms with Gasteiger partial charge in [-0.3, -0.25) is 14.4 Å². The lowest BCUT2D eigenvalue weighted by molar-refractivity contribution is -0.114. The predicted octanol–water partition coefficient (Wildman–Crippen LogP) is 3.37. The lowest BCUT2D eigenvalue weighted by Crippen LogP contribution is -2.26. The molecule has 3 amide bonds. The summed E-state index contributed by atoms with van der Waals surface area (Å²) in [7, 11) is 3.27. The lowest BCUT2D eigenvalue weighted by atomic mass is 10.1. The molecular formula is C24H24N4O3. The fraction of sp³-hybridized carbons (Fsp3) is 0.125. The van der Waals surface area contributed by atoms with Crippen molar-refractivity contribution in [3.8, 4) is 0 Å². The van der Waals surface area contributed by atoms with Crippen LogP contribution in [-0.4, -0.2) is 38.4 Å². The van der Waals surface area contributed by atoms with Gasteiger partial charge in [0, 0.05) is 42.3 Å². The molecule has 0 aliphatic carbocycles. The van der Waals surface area contributed by atoms with Crippen LogP contribution in [-0.2, 0) is 4.79 Å². The minimum atomic E-state index is -0.272. The first kappa shape index (κ1) is 21.6. The molecular weight excluding hydrogens is 392 g/mol. The number of benzene rings is 3. The number of carbonyl (C=O) groups excluding carboxylic acids is 3. The van der Waals surface area contributed by atoms with E-state index in [2.05, 4.69) is 16.0 Å². The number of amides is 3. The van der Waals surface area contributed by atoms with E-state index in [9.17, 15) is 14.4 Å². The van der Waals surface area contributed by atoms with Crippen LogP contribution in [0.3, 0.4) is 0 Å².